The number of benzene rings is 1. The van der Waals surface area contributed by atoms with Crippen molar-refractivity contribution in [3.8, 4) is 5.75 Å². The number of amides is 2. The third kappa shape index (κ3) is 2.09. The van der Waals surface area contributed by atoms with Crippen molar-refractivity contribution in [2.24, 2.45) is 0 Å². The molecule has 1 aromatic carbocycles. The molecule has 0 aromatic heterocycles. The van der Waals surface area contributed by atoms with E-state index in [2.05, 4.69) is 10.1 Å². The van der Waals surface area contributed by atoms with Crippen LogP contribution in [0.2, 0.25) is 0 Å². The lowest BCUT2D eigenvalue weighted by Gasteiger charge is -2.30. The quantitative estimate of drug-likeness (QED) is 0.822. The van der Waals surface area contributed by atoms with Gasteiger partial charge in [-0.25, -0.2) is 4.79 Å². The minimum absolute atomic E-state index is 0.127. The average Bonchev–Trinajstić information content (AvgIpc) is 2.37. The summed E-state index contributed by atoms with van der Waals surface area (Å²) in [6.45, 7) is 1.70. The van der Waals surface area contributed by atoms with Crippen LogP contribution in [0, 0.1) is 0 Å². The Labute approximate surface area is 104 Å². The second-order valence-corrected chi connectivity index (χ2v) is 3.96. The summed E-state index contributed by atoms with van der Waals surface area (Å²) in [6, 6.07) is 5.06. The van der Waals surface area contributed by atoms with Crippen molar-refractivity contribution < 1.29 is 19.1 Å². The van der Waals surface area contributed by atoms with Crippen LogP contribution in [0.3, 0.4) is 0 Å². The van der Waals surface area contributed by atoms with Crippen molar-refractivity contribution >= 4 is 23.4 Å². The monoisotopic (exact) mass is 250 g/mol. The summed E-state index contributed by atoms with van der Waals surface area (Å²) >= 11 is 0. The summed E-state index contributed by atoms with van der Waals surface area (Å²) in [6.07, 6.45) is -1.06. The fourth-order valence-electron chi connectivity index (χ4n) is 1.76. The van der Waals surface area contributed by atoms with E-state index in [9.17, 15) is 9.59 Å². The lowest BCUT2D eigenvalue weighted by Crippen LogP contribution is -2.41. The number of methoxy groups -OCH3 is 1. The molecule has 1 aliphatic rings. The molecule has 1 heterocycles. The van der Waals surface area contributed by atoms with Crippen molar-refractivity contribution in [3.63, 3.8) is 0 Å². The third-order valence-electron chi connectivity index (χ3n) is 2.73. The van der Waals surface area contributed by atoms with Crippen LogP contribution in [0.4, 0.5) is 16.2 Å². The molecule has 0 aliphatic carbocycles. The van der Waals surface area contributed by atoms with Crippen LogP contribution < -0.4 is 15.0 Å². The molecule has 0 fully saturated rings. The van der Waals surface area contributed by atoms with Crippen LogP contribution in [-0.4, -0.2) is 32.3 Å². The molecule has 6 nitrogen and oxygen atoms in total. The van der Waals surface area contributed by atoms with E-state index in [1.807, 2.05) is 0 Å². The van der Waals surface area contributed by atoms with Gasteiger partial charge in [-0.3, -0.25) is 10.1 Å². The van der Waals surface area contributed by atoms with E-state index in [0.717, 1.165) is 0 Å². The summed E-state index contributed by atoms with van der Waals surface area (Å²) in [5.74, 6) is 0.484. The molecule has 0 saturated carbocycles. The molecule has 0 radical (unpaired) electrons. The molecular weight excluding hydrogens is 236 g/mol. The first kappa shape index (κ1) is 12.2. The Kier molecular flexibility index (Phi) is 3.10. The van der Waals surface area contributed by atoms with Gasteiger partial charge in [0, 0.05) is 12.7 Å². The number of anilines is 2. The average molecular weight is 250 g/mol. The standard InChI is InChI=1S/C12H14N2O4/c1-7-11(15)14(2)9-6-8(13-12(16)17-3)4-5-10(9)18-7/h4-7H,1-3H3,(H,13,16). The first-order valence-corrected chi connectivity index (χ1v) is 5.46. The number of nitrogens with one attached hydrogen (secondary N) is 1. The van der Waals surface area contributed by atoms with Crippen molar-refractivity contribution in [2.45, 2.75) is 13.0 Å². The Morgan fingerprint density at radius 1 is 1.50 bits per heavy atom. The molecule has 96 valence electrons. The van der Waals surface area contributed by atoms with E-state index < -0.39 is 12.2 Å². The Balaban J connectivity index is 2.31. The lowest BCUT2D eigenvalue weighted by atomic mass is 10.2. The van der Waals surface area contributed by atoms with Gasteiger partial charge in [0.1, 0.15) is 5.75 Å². The summed E-state index contributed by atoms with van der Waals surface area (Å²) in [5.41, 5.74) is 1.16. The Morgan fingerprint density at radius 3 is 2.89 bits per heavy atom. The molecule has 2 amide bonds. The fraction of sp³-hybridized carbons (Fsp3) is 0.333. The van der Waals surface area contributed by atoms with E-state index in [4.69, 9.17) is 4.74 Å². The highest BCUT2D eigenvalue weighted by Crippen LogP contribution is 2.35. The van der Waals surface area contributed by atoms with E-state index in [-0.39, 0.29) is 5.91 Å². The molecule has 1 unspecified atom stereocenters. The largest absolute Gasteiger partial charge is 0.479 e. The number of likely N-dealkylation sites (N-methyl/N-ethyl adjacent to an activating group) is 1. The number of rotatable bonds is 1. The summed E-state index contributed by atoms with van der Waals surface area (Å²) in [7, 11) is 2.95. The van der Waals surface area contributed by atoms with Gasteiger partial charge in [-0.05, 0) is 25.1 Å². The first-order valence-electron chi connectivity index (χ1n) is 5.46. The zero-order valence-corrected chi connectivity index (χ0v) is 10.4. The van der Waals surface area contributed by atoms with Crippen LogP contribution in [-0.2, 0) is 9.53 Å². The third-order valence-corrected chi connectivity index (χ3v) is 2.73. The van der Waals surface area contributed by atoms with Crippen molar-refractivity contribution in [2.75, 3.05) is 24.4 Å². The number of carbonyl (C=O) groups is 2. The number of fused-ring (bicyclic) bond motifs is 1. The van der Waals surface area contributed by atoms with Gasteiger partial charge >= 0.3 is 6.09 Å². The Morgan fingerprint density at radius 2 is 2.22 bits per heavy atom. The van der Waals surface area contributed by atoms with Gasteiger partial charge in [0.2, 0.25) is 0 Å². The molecule has 1 aliphatic heterocycles. The summed E-state index contributed by atoms with van der Waals surface area (Å²) in [4.78, 5) is 24.4. The minimum Gasteiger partial charge on any atom is -0.479 e. The maximum atomic E-state index is 11.8. The molecule has 18 heavy (non-hydrogen) atoms. The Hall–Kier alpha value is -2.24. The first-order chi connectivity index (χ1) is 8.52. The fourth-order valence-corrected chi connectivity index (χ4v) is 1.76. The highest BCUT2D eigenvalue weighted by atomic mass is 16.5. The van der Waals surface area contributed by atoms with Gasteiger partial charge in [0.15, 0.2) is 6.10 Å². The number of hydrogen-bond acceptors (Lipinski definition) is 4. The van der Waals surface area contributed by atoms with Gasteiger partial charge in [-0.15, -0.1) is 0 Å². The molecule has 1 N–H and O–H groups in total. The predicted octanol–water partition coefficient (Wildman–Crippen LogP) is 1.61. The molecule has 1 aromatic rings. The second kappa shape index (κ2) is 4.56. The molecule has 1 atom stereocenters. The maximum absolute atomic E-state index is 11.8. The van der Waals surface area contributed by atoms with Crippen molar-refractivity contribution in [1.82, 2.24) is 0 Å². The van der Waals surface area contributed by atoms with E-state index in [1.165, 1.54) is 12.0 Å². The summed E-state index contributed by atoms with van der Waals surface area (Å²) < 4.78 is 9.97. The zero-order valence-electron chi connectivity index (χ0n) is 10.4. The predicted molar refractivity (Wildman–Crippen MR) is 66.0 cm³/mol. The van der Waals surface area contributed by atoms with Crippen molar-refractivity contribution in [1.29, 1.82) is 0 Å². The second-order valence-electron chi connectivity index (χ2n) is 3.96. The Bertz CT molecular complexity index is 501. The number of nitrogens with zero attached hydrogens (tertiary/aromatic N) is 1. The van der Waals surface area contributed by atoms with Crippen LogP contribution in [0.15, 0.2) is 18.2 Å². The van der Waals surface area contributed by atoms with E-state index in [1.54, 1.807) is 32.2 Å². The van der Waals surface area contributed by atoms with E-state index in [0.29, 0.717) is 17.1 Å². The van der Waals surface area contributed by atoms with E-state index >= 15 is 0 Å². The van der Waals surface area contributed by atoms with Crippen LogP contribution >= 0.6 is 0 Å². The van der Waals surface area contributed by atoms with Crippen LogP contribution in [0.1, 0.15) is 6.92 Å². The molecule has 6 heteroatoms. The molecule has 0 bridgehead atoms. The topological polar surface area (TPSA) is 67.9 Å². The smallest absolute Gasteiger partial charge is 0.411 e. The zero-order chi connectivity index (χ0) is 13.3. The van der Waals surface area contributed by atoms with Gasteiger partial charge < -0.3 is 14.4 Å². The minimum atomic E-state index is -0.561. The molecule has 0 saturated heterocycles. The SMILES string of the molecule is COC(=O)Nc1ccc2c(c1)N(C)C(=O)C(C)O2. The number of ether oxygens (including phenoxy) is 2. The van der Waals surface area contributed by atoms with Gasteiger partial charge in [0.05, 0.1) is 12.8 Å². The van der Waals surface area contributed by atoms with Gasteiger partial charge in [0.25, 0.3) is 5.91 Å². The lowest BCUT2D eigenvalue weighted by molar-refractivity contribution is -0.125. The number of hydrogen-bond donors (Lipinski definition) is 1. The highest BCUT2D eigenvalue weighted by molar-refractivity contribution is 6.00. The molecule has 0 spiro atoms. The molecular formula is C12H14N2O4. The molecule has 2 rings (SSSR count). The number of carbonyl (C=O) groups excluding carboxylic acids is 2. The van der Waals surface area contributed by atoms with Crippen LogP contribution in [0.25, 0.3) is 0 Å². The summed E-state index contributed by atoms with van der Waals surface area (Å²) in [5, 5.41) is 2.53. The van der Waals surface area contributed by atoms with Gasteiger partial charge in [-0.2, -0.15) is 0 Å². The maximum Gasteiger partial charge on any atom is 0.411 e. The van der Waals surface area contributed by atoms with Crippen molar-refractivity contribution in [3.05, 3.63) is 18.2 Å². The highest BCUT2D eigenvalue weighted by Gasteiger charge is 2.28. The van der Waals surface area contributed by atoms with Gasteiger partial charge in [-0.1, -0.05) is 0 Å². The van der Waals surface area contributed by atoms with Crippen LogP contribution in [0.5, 0.6) is 5.75 Å². The normalized spacial score (nSPS) is 17.8.